The molecule has 0 spiro atoms. The molecular weight excluding hydrogens is 382 g/mol. The Balaban J connectivity index is 1.98. The van der Waals surface area contributed by atoms with Crippen LogP contribution < -0.4 is 4.74 Å². The Bertz CT molecular complexity index is 1110. The minimum Gasteiger partial charge on any atom is -0.497 e. The van der Waals surface area contributed by atoms with Gasteiger partial charge in [-0.2, -0.15) is 0 Å². The van der Waals surface area contributed by atoms with Crippen LogP contribution in [-0.4, -0.2) is 17.9 Å². The summed E-state index contributed by atoms with van der Waals surface area (Å²) in [5.74, 6) is 0.761. The standard InChI is InChI=1S/C28H25NO2/c1-21-13-15-22(16-14-21)27(29-25-17-19-26(31-2)20-18-25)28(30,23-9-5-3-6-10-23)24-11-7-4-8-12-24/h3-20,30H,1-2H3. The highest BCUT2D eigenvalue weighted by atomic mass is 16.5. The van der Waals surface area contributed by atoms with Gasteiger partial charge in [-0.3, -0.25) is 0 Å². The number of methoxy groups -OCH3 is 1. The summed E-state index contributed by atoms with van der Waals surface area (Å²) in [5, 5.41) is 12.3. The van der Waals surface area contributed by atoms with Gasteiger partial charge in [0, 0.05) is 0 Å². The lowest BCUT2D eigenvalue weighted by Crippen LogP contribution is -2.37. The van der Waals surface area contributed by atoms with Gasteiger partial charge in [-0.1, -0.05) is 90.5 Å². The van der Waals surface area contributed by atoms with E-state index in [2.05, 4.69) is 0 Å². The van der Waals surface area contributed by atoms with Crippen LogP contribution in [0.5, 0.6) is 5.75 Å². The van der Waals surface area contributed by atoms with Gasteiger partial charge in [0.15, 0.2) is 5.60 Å². The third kappa shape index (κ3) is 4.27. The van der Waals surface area contributed by atoms with Gasteiger partial charge >= 0.3 is 0 Å². The van der Waals surface area contributed by atoms with Crippen LogP contribution in [0.25, 0.3) is 0 Å². The van der Waals surface area contributed by atoms with Crippen LogP contribution in [-0.2, 0) is 5.60 Å². The van der Waals surface area contributed by atoms with Crippen LogP contribution in [0.2, 0.25) is 0 Å². The van der Waals surface area contributed by atoms with Crippen LogP contribution in [0, 0.1) is 6.92 Å². The quantitative estimate of drug-likeness (QED) is 0.395. The van der Waals surface area contributed by atoms with E-state index in [-0.39, 0.29) is 0 Å². The average Bonchev–Trinajstić information content (AvgIpc) is 2.84. The van der Waals surface area contributed by atoms with Gasteiger partial charge in [0.2, 0.25) is 0 Å². The molecule has 0 saturated heterocycles. The molecule has 0 radical (unpaired) electrons. The van der Waals surface area contributed by atoms with Crippen molar-refractivity contribution in [1.82, 2.24) is 0 Å². The molecule has 0 aromatic heterocycles. The minimum atomic E-state index is -1.43. The first-order valence-corrected chi connectivity index (χ1v) is 10.2. The summed E-state index contributed by atoms with van der Waals surface area (Å²) >= 11 is 0. The number of hydrogen-bond donors (Lipinski definition) is 1. The number of aliphatic imine (C=N–C) groups is 1. The third-order valence-corrected chi connectivity index (χ3v) is 5.36. The molecule has 0 unspecified atom stereocenters. The number of aliphatic hydroxyl groups is 1. The predicted octanol–water partition coefficient (Wildman–Crippen LogP) is 6.06. The van der Waals surface area contributed by atoms with E-state index in [4.69, 9.17) is 9.73 Å². The van der Waals surface area contributed by atoms with Crippen molar-refractivity contribution in [2.24, 2.45) is 4.99 Å². The molecule has 0 aliphatic rings. The van der Waals surface area contributed by atoms with Crippen LogP contribution in [0.4, 0.5) is 5.69 Å². The van der Waals surface area contributed by atoms with Gasteiger partial charge in [0.1, 0.15) is 5.75 Å². The Morgan fingerprint density at radius 2 is 1.23 bits per heavy atom. The Labute approximate surface area is 183 Å². The molecule has 0 saturated carbocycles. The van der Waals surface area contributed by atoms with Crippen LogP contribution in [0.3, 0.4) is 0 Å². The van der Waals surface area contributed by atoms with Crippen molar-refractivity contribution in [2.45, 2.75) is 12.5 Å². The van der Waals surface area contributed by atoms with Crippen molar-refractivity contribution in [3.8, 4) is 5.75 Å². The summed E-state index contributed by atoms with van der Waals surface area (Å²) in [6.45, 7) is 2.05. The molecule has 154 valence electrons. The maximum atomic E-state index is 12.3. The van der Waals surface area contributed by atoms with E-state index in [0.717, 1.165) is 33.7 Å². The molecule has 0 amide bonds. The number of nitrogens with zero attached hydrogens (tertiary/aromatic N) is 1. The predicted molar refractivity (Wildman–Crippen MR) is 126 cm³/mol. The lowest BCUT2D eigenvalue weighted by molar-refractivity contribution is 0.156. The summed E-state index contributed by atoms with van der Waals surface area (Å²) in [6, 6.07) is 35.0. The summed E-state index contributed by atoms with van der Waals surface area (Å²) in [4.78, 5) is 4.97. The lowest BCUT2D eigenvalue weighted by atomic mass is 9.79. The molecule has 0 bridgehead atoms. The molecule has 0 aliphatic carbocycles. The van der Waals surface area contributed by atoms with Gasteiger partial charge in [0.05, 0.1) is 18.5 Å². The summed E-state index contributed by atoms with van der Waals surface area (Å²) in [5.41, 5.74) is 3.39. The van der Waals surface area contributed by atoms with Crippen molar-refractivity contribution in [2.75, 3.05) is 7.11 Å². The van der Waals surface area contributed by atoms with Crippen molar-refractivity contribution < 1.29 is 9.84 Å². The lowest BCUT2D eigenvalue weighted by Gasteiger charge is -2.31. The van der Waals surface area contributed by atoms with E-state index in [1.807, 2.05) is 116 Å². The van der Waals surface area contributed by atoms with Crippen molar-refractivity contribution in [3.05, 3.63) is 131 Å². The molecule has 31 heavy (non-hydrogen) atoms. The van der Waals surface area contributed by atoms with Crippen molar-refractivity contribution in [1.29, 1.82) is 0 Å². The van der Waals surface area contributed by atoms with Gasteiger partial charge < -0.3 is 9.84 Å². The van der Waals surface area contributed by atoms with Crippen LogP contribution in [0.1, 0.15) is 22.3 Å². The van der Waals surface area contributed by atoms with Crippen LogP contribution in [0.15, 0.2) is 114 Å². The fourth-order valence-corrected chi connectivity index (χ4v) is 3.65. The Hall–Kier alpha value is -3.69. The van der Waals surface area contributed by atoms with Gasteiger partial charge in [-0.25, -0.2) is 4.99 Å². The summed E-state index contributed by atoms with van der Waals surface area (Å²) in [7, 11) is 1.64. The molecular formula is C28H25NO2. The Kier molecular flexibility index (Phi) is 5.96. The molecule has 3 nitrogen and oxygen atoms in total. The number of aryl methyl sites for hydroxylation is 1. The number of hydrogen-bond acceptors (Lipinski definition) is 3. The van der Waals surface area contributed by atoms with E-state index in [0.29, 0.717) is 5.71 Å². The second-order valence-electron chi connectivity index (χ2n) is 7.47. The molecule has 3 heteroatoms. The summed E-state index contributed by atoms with van der Waals surface area (Å²) < 4.78 is 5.28. The van der Waals surface area contributed by atoms with Crippen molar-refractivity contribution in [3.63, 3.8) is 0 Å². The summed E-state index contributed by atoms with van der Waals surface area (Å²) in [6.07, 6.45) is 0. The SMILES string of the molecule is COc1ccc(N=C(c2ccc(C)cc2)C(O)(c2ccccc2)c2ccccc2)cc1. The minimum absolute atomic E-state index is 0.565. The van der Waals surface area contributed by atoms with E-state index in [1.165, 1.54) is 0 Å². The molecule has 0 fully saturated rings. The molecule has 4 rings (SSSR count). The number of rotatable bonds is 6. The normalized spacial score (nSPS) is 11.9. The fraction of sp³-hybridized carbons (Fsp3) is 0.107. The molecule has 0 aliphatic heterocycles. The molecule has 0 heterocycles. The third-order valence-electron chi connectivity index (χ3n) is 5.36. The number of ether oxygens (including phenoxy) is 1. The largest absolute Gasteiger partial charge is 0.497 e. The zero-order valence-corrected chi connectivity index (χ0v) is 17.7. The second kappa shape index (κ2) is 8.99. The number of benzene rings is 4. The fourth-order valence-electron chi connectivity index (χ4n) is 3.65. The van der Waals surface area contributed by atoms with Gasteiger partial charge in [-0.15, -0.1) is 0 Å². The second-order valence-corrected chi connectivity index (χ2v) is 7.47. The van der Waals surface area contributed by atoms with Gasteiger partial charge in [-0.05, 0) is 47.9 Å². The molecule has 4 aromatic carbocycles. The smallest absolute Gasteiger partial charge is 0.157 e. The molecule has 0 atom stereocenters. The zero-order valence-electron chi connectivity index (χ0n) is 17.7. The molecule has 4 aromatic rings. The highest BCUT2D eigenvalue weighted by Crippen LogP contribution is 2.35. The highest BCUT2D eigenvalue weighted by Gasteiger charge is 2.38. The highest BCUT2D eigenvalue weighted by molar-refractivity contribution is 6.10. The van der Waals surface area contributed by atoms with Gasteiger partial charge in [0.25, 0.3) is 0 Å². The maximum Gasteiger partial charge on any atom is 0.157 e. The monoisotopic (exact) mass is 407 g/mol. The van der Waals surface area contributed by atoms with Crippen LogP contribution >= 0.6 is 0 Å². The topological polar surface area (TPSA) is 41.8 Å². The average molecular weight is 408 g/mol. The van der Waals surface area contributed by atoms with E-state index in [9.17, 15) is 5.11 Å². The molecule has 1 N–H and O–H groups in total. The Morgan fingerprint density at radius 3 is 1.71 bits per heavy atom. The maximum absolute atomic E-state index is 12.3. The first-order valence-electron chi connectivity index (χ1n) is 10.2. The van der Waals surface area contributed by atoms with E-state index < -0.39 is 5.60 Å². The van der Waals surface area contributed by atoms with E-state index >= 15 is 0 Å². The zero-order chi connectivity index (χ0) is 21.7. The van der Waals surface area contributed by atoms with Crippen molar-refractivity contribution >= 4 is 11.4 Å². The first-order chi connectivity index (χ1) is 15.1. The first kappa shape index (κ1) is 20.6. The van der Waals surface area contributed by atoms with E-state index in [1.54, 1.807) is 7.11 Å². The Morgan fingerprint density at radius 1 is 0.710 bits per heavy atom.